The predicted octanol–water partition coefficient (Wildman–Crippen LogP) is 4.15. The van der Waals surface area contributed by atoms with E-state index in [1.54, 1.807) is 6.92 Å². The number of methoxy groups -OCH3 is 1. The van der Waals surface area contributed by atoms with E-state index in [1.165, 1.54) is 37.4 Å². The fourth-order valence-electron chi connectivity index (χ4n) is 1.96. The highest BCUT2D eigenvalue weighted by molar-refractivity contribution is 5.91. The standard InChI is InChI=1S/C15H13F3O3/c1-9-12(14(19)20-2)7-13(21-9)11-5-3-10(4-6-11)8-15(16,17)18/h3-7H,8H2,1-2H3. The Morgan fingerprint density at radius 2 is 1.86 bits per heavy atom. The van der Waals surface area contributed by atoms with Crippen LogP contribution in [0.15, 0.2) is 34.7 Å². The molecule has 1 aromatic carbocycles. The molecule has 3 nitrogen and oxygen atoms in total. The van der Waals surface area contributed by atoms with Crippen LogP contribution in [-0.4, -0.2) is 19.3 Å². The highest BCUT2D eigenvalue weighted by Gasteiger charge is 2.27. The second kappa shape index (κ2) is 5.63. The average Bonchev–Trinajstić information content (AvgIpc) is 2.79. The maximum Gasteiger partial charge on any atom is 0.393 e. The van der Waals surface area contributed by atoms with Crippen molar-refractivity contribution in [3.05, 3.63) is 47.2 Å². The molecule has 1 heterocycles. The second-order valence-electron chi connectivity index (χ2n) is 4.56. The third-order valence-electron chi connectivity index (χ3n) is 2.97. The number of aryl methyl sites for hydroxylation is 1. The number of halogens is 3. The van der Waals surface area contributed by atoms with Crippen molar-refractivity contribution in [3.8, 4) is 11.3 Å². The van der Waals surface area contributed by atoms with Crippen LogP contribution in [0, 0.1) is 6.92 Å². The zero-order valence-electron chi connectivity index (χ0n) is 11.5. The van der Waals surface area contributed by atoms with E-state index < -0.39 is 18.6 Å². The van der Waals surface area contributed by atoms with Crippen LogP contribution in [0.4, 0.5) is 13.2 Å². The summed E-state index contributed by atoms with van der Waals surface area (Å²) in [6.07, 6.45) is -5.21. The van der Waals surface area contributed by atoms with Gasteiger partial charge in [-0.3, -0.25) is 0 Å². The Kier molecular flexibility index (Phi) is 4.06. The van der Waals surface area contributed by atoms with Gasteiger partial charge in [-0.15, -0.1) is 0 Å². The largest absolute Gasteiger partial charge is 0.465 e. The van der Waals surface area contributed by atoms with E-state index in [4.69, 9.17) is 4.42 Å². The average molecular weight is 298 g/mol. The normalized spacial score (nSPS) is 11.5. The first-order valence-corrected chi connectivity index (χ1v) is 6.15. The van der Waals surface area contributed by atoms with E-state index in [-0.39, 0.29) is 5.56 Å². The zero-order chi connectivity index (χ0) is 15.6. The van der Waals surface area contributed by atoms with E-state index in [0.29, 0.717) is 22.6 Å². The second-order valence-corrected chi connectivity index (χ2v) is 4.56. The minimum Gasteiger partial charge on any atom is -0.465 e. The van der Waals surface area contributed by atoms with Crippen molar-refractivity contribution in [2.45, 2.75) is 19.5 Å². The smallest absolute Gasteiger partial charge is 0.393 e. The molecule has 0 atom stereocenters. The summed E-state index contributed by atoms with van der Waals surface area (Å²) in [7, 11) is 1.26. The molecule has 0 aliphatic carbocycles. The summed E-state index contributed by atoms with van der Waals surface area (Å²) in [6.45, 7) is 1.62. The van der Waals surface area contributed by atoms with Crippen LogP contribution in [0.2, 0.25) is 0 Å². The van der Waals surface area contributed by atoms with Crippen LogP contribution in [0.25, 0.3) is 11.3 Å². The van der Waals surface area contributed by atoms with Gasteiger partial charge >= 0.3 is 12.1 Å². The lowest BCUT2D eigenvalue weighted by molar-refractivity contribution is -0.127. The van der Waals surface area contributed by atoms with E-state index in [0.717, 1.165) is 0 Å². The number of esters is 1. The number of rotatable bonds is 3. The SMILES string of the molecule is COC(=O)c1cc(-c2ccc(CC(F)(F)F)cc2)oc1C. The first kappa shape index (κ1) is 15.2. The van der Waals surface area contributed by atoms with Crippen LogP contribution >= 0.6 is 0 Å². The van der Waals surface area contributed by atoms with Crippen LogP contribution < -0.4 is 0 Å². The highest BCUT2D eigenvalue weighted by atomic mass is 19.4. The number of hydrogen-bond donors (Lipinski definition) is 0. The van der Waals surface area contributed by atoms with E-state index >= 15 is 0 Å². The van der Waals surface area contributed by atoms with Crippen molar-refractivity contribution in [2.24, 2.45) is 0 Å². The molecule has 0 saturated carbocycles. The minimum absolute atomic E-state index is 0.169. The number of carbonyl (C=O) groups excluding carboxylic acids is 1. The first-order chi connectivity index (χ1) is 9.80. The highest BCUT2D eigenvalue weighted by Crippen LogP contribution is 2.27. The number of hydrogen-bond acceptors (Lipinski definition) is 3. The van der Waals surface area contributed by atoms with E-state index in [9.17, 15) is 18.0 Å². The molecule has 0 aliphatic heterocycles. The summed E-state index contributed by atoms with van der Waals surface area (Å²) >= 11 is 0. The molecule has 2 aromatic rings. The number of carbonyl (C=O) groups is 1. The third kappa shape index (κ3) is 3.65. The summed E-state index contributed by atoms with van der Waals surface area (Å²) in [5.74, 6) is 0.291. The molecule has 1 aromatic heterocycles. The zero-order valence-corrected chi connectivity index (χ0v) is 11.5. The Morgan fingerprint density at radius 1 is 1.24 bits per heavy atom. The van der Waals surface area contributed by atoms with Crippen molar-refractivity contribution in [1.29, 1.82) is 0 Å². The van der Waals surface area contributed by atoms with E-state index in [2.05, 4.69) is 4.74 Å². The van der Waals surface area contributed by atoms with Gasteiger partial charge in [0.2, 0.25) is 0 Å². The molecule has 0 spiro atoms. The molecule has 0 radical (unpaired) electrons. The monoisotopic (exact) mass is 298 g/mol. The summed E-state index contributed by atoms with van der Waals surface area (Å²) < 4.78 is 46.9. The molecule has 21 heavy (non-hydrogen) atoms. The van der Waals surface area contributed by atoms with Gasteiger partial charge in [-0.25, -0.2) is 4.79 Å². The summed E-state index contributed by atoms with van der Waals surface area (Å²) in [6, 6.07) is 7.34. The Bertz CT molecular complexity index is 639. The maximum absolute atomic E-state index is 12.3. The number of furan rings is 1. The number of alkyl halides is 3. The third-order valence-corrected chi connectivity index (χ3v) is 2.97. The van der Waals surface area contributed by atoms with Crippen LogP contribution in [0.3, 0.4) is 0 Å². The molecule has 0 saturated heterocycles. The van der Waals surface area contributed by atoms with Gasteiger partial charge in [0, 0.05) is 5.56 Å². The Hall–Kier alpha value is -2.24. The number of ether oxygens (including phenoxy) is 1. The molecule has 0 fully saturated rings. The van der Waals surface area contributed by atoms with Crippen LogP contribution in [-0.2, 0) is 11.2 Å². The Labute approximate surface area is 119 Å². The van der Waals surface area contributed by atoms with Gasteiger partial charge in [0.15, 0.2) is 0 Å². The molecule has 112 valence electrons. The van der Waals surface area contributed by atoms with Gasteiger partial charge in [-0.05, 0) is 18.6 Å². The Balaban J connectivity index is 2.25. The summed E-state index contributed by atoms with van der Waals surface area (Å²) in [5.41, 5.74) is 1.06. The lowest BCUT2D eigenvalue weighted by Crippen LogP contribution is -2.11. The lowest BCUT2D eigenvalue weighted by Gasteiger charge is -2.06. The fraction of sp³-hybridized carbons (Fsp3) is 0.267. The molecule has 0 N–H and O–H groups in total. The van der Waals surface area contributed by atoms with Gasteiger partial charge in [-0.1, -0.05) is 24.3 Å². The molecular formula is C15H13F3O3. The van der Waals surface area contributed by atoms with Crippen LogP contribution in [0.5, 0.6) is 0 Å². The topological polar surface area (TPSA) is 39.4 Å². The number of benzene rings is 1. The lowest BCUT2D eigenvalue weighted by atomic mass is 10.1. The molecular weight excluding hydrogens is 285 g/mol. The van der Waals surface area contributed by atoms with E-state index in [1.807, 2.05) is 0 Å². The van der Waals surface area contributed by atoms with Gasteiger partial charge < -0.3 is 9.15 Å². The van der Waals surface area contributed by atoms with Crippen LogP contribution in [0.1, 0.15) is 21.7 Å². The molecule has 0 bridgehead atoms. The molecule has 2 rings (SSSR count). The van der Waals surface area contributed by atoms with Gasteiger partial charge in [0.05, 0.1) is 13.5 Å². The van der Waals surface area contributed by atoms with Crippen molar-refractivity contribution in [2.75, 3.05) is 7.11 Å². The van der Waals surface area contributed by atoms with Crippen molar-refractivity contribution >= 4 is 5.97 Å². The molecule has 6 heteroatoms. The molecule has 0 unspecified atom stereocenters. The van der Waals surface area contributed by atoms with Crippen molar-refractivity contribution in [1.82, 2.24) is 0 Å². The molecule has 0 aliphatic rings. The Morgan fingerprint density at radius 3 is 2.38 bits per heavy atom. The summed E-state index contributed by atoms with van der Waals surface area (Å²) in [4.78, 5) is 11.5. The summed E-state index contributed by atoms with van der Waals surface area (Å²) in [5, 5.41) is 0. The van der Waals surface area contributed by atoms with Gasteiger partial charge in [0.1, 0.15) is 17.1 Å². The quantitative estimate of drug-likeness (QED) is 0.799. The fourth-order valence-corrected chi connectivity index (χ4v) is 1.96. The predicted molar refractivity (Wildman–Crippen MR) is 70.0 cm³/mol. The van der Waals surface area contributed by atoms with Crippen molar-refractivity contribution in [3.63, 3.8) is 0 Å². The molecule has 0 amide bonds. The first-order valence-electron chi connectivity index (χ1n) is 6.15. The van der Waals surface area contributed by atoms with Gasteiger partial charge in [-0.2, -0.15) is 13.2 Å². The van der Waals surface area contributed by atoms with Gasteiger partial charge in [0.25, 0.3) is 0 Å². The maximum atomic E-state index is 12.3. The minimum atomic E-state index is -4.24. The van der Waals surface area contributed by atoms with Crippen molar-refractivity contribution < 1.29 is 27.1 Å².